The van der Waals surface area contributed by atoms with Crippen molar-refractivity contribution in [3.8, 4) is 0 Å². The number of ether oxygens (including phenoxy) is 5. The molecule has 5 fully saturated rings. The minimum Gasteiger partial charge on any atom is -0.354 e. The highest BCUT2D eigenvalue weighted by molar-refractivity contribution is 5.81. The number of fused-ring (bicyclic) bond motifs is 3. The molecule has 3 aliphatic heterocycles. The highest BCUT2D eigenvalue weighted by Crippen LogP contribution is 2.50. The van der Waals surface area contributed by atoms with E-state index in [1.54, 1.807) is 0 Å². The van der Waals surface area contributed by atoms with Crippen LogP contribution in [0.2, 0.25) is 0 Å². The Morgan fingerprint density at radius 3 is 1.53 bits per heavy atom. The second-order valence-electron chi connectivity index (χ2n) is 14.3. The molecule has 43 heavy (non-hydrogen) atoms. The molecule has 2 aliphatic carbocycles. The van der Waals surface area contributed by atoms with Crippen LogP contribution in [0.4, 0.5) is 0 Å². The normalized spacial score (nSPS) is 30.9. The molecule has 1 amide bonds. The predicted molar refractivity (Wildman–Crippen MR) is 169 cm³/mol. The molecule has 3 saturated heterocycles. The lowest BCUT2D eigenvalue weighted by Crippen LogP contribution is -2.59. The third kappa shape index (κ3) is 9.40. The van der Waals surface area contributed by atoms with Gasteiger partial charge in [-0.3, -0.25) is 4.79 Å². The molecule has 0 unspecified atom stereocenters. The van der Waals surface area contributed by atoms with Gasteiger partial charge in [0.15, 0.2) is 24.0 Å². The standard InChI is InChI=1S/C36H63NO6/c1-2-3-4-5-6-7-8-9-10-11-12-13-14-15-16-23-28-37-33(38)31-29-30(41-35(40-29)24-19-17-20-25-35)32-34(39-31)43-36(42-32)26-21-18-22-27-36/h29-32,34H,2-28H2,1H3,(H,37,38)/t29-,30+,31+,32+,34+/m0/s1. The zero-order valence-electron chi connectivity index (χ0n) is 27.4. The van der Waals surface area contributed by atoms with Crippen molar-refractivity contribution in [3.05, 3.63) is 0 Å². The van der Waals surface area contributed by atoms with E-state index in [9.17, 15) is 4.79 Å². The van der Waals surface area contributed by atoms with Gasteiger partial charge in [-0.05, 0) is 32.1 Å². The monoisotopic (exact) mass is 605 g/mol. The summed E-state index contributed by atoms with van der Waals surface area (Å²) in [6, 6.07) is 0. The highest BCUT2D eigenvalue weighted by atomic mass is 16.9. The molecule has 3 heterocycles. The maximum absolute atomic E-state index is 13.5. The molecule has 7 heteroatoms. The molecule has 5 atom stereocenters. The summed E-state index contributed by atoms with van der Waals surface area (Å²) in [5.74, 6) is -1.30. The lowest BCUT2D eigenvalue weighted by Gasteiger charge is -2.36. The molecule has 5 rings (SSSR count). The van der Waals surface area contributed by atoms with Crippen LogP contribution < -0.4 is 5.32 Å². The fraction of sp³-hybridized carbons (Fsp3) is 0.972. The van der Waals surface area contributed by atoms with E-state index in [0.29, 0.717) is 6.54 Å². The Balaban J connectivity index is 0.965. The molecular formula is C36H63NO6. The number of hydrogen-bond donors (Lipinski definition) is 1. The summed E-state index contributed by atoms with van der Waals surface area (Å²) in [5, 5.41) is 3.16. The summed E-state index contributed by atoms with van der Waals surface area (Å²) < 4.78 is 32.7. The SMILES string of the molecule is CCCCCCCCCCCCCCCCCCNC(=O)[C@@H]1O[C@@H]2OC3(CCCCC3)O[C@@H]2[C@@H]2OC3(CCCCC3)O[C@@H]21. The molecule has 0 aromatic rings. The van der Waals surface area contributed by atoms with E-state index >= 15 is 0 Å². The molecule has 7 nitrogen and oxygen atoms in total. The van der Waals surface area contributed by atoms with Crippen LogP contribution in [0.1, 0.15) is 174 Å². The number of nitrogens with one attached hydrogen (secondary N) is 1. The highest BCUT2D eigenvalue weighted by Gasteiger charge is 2.65. The topological polar surface area (TPSA) is 75.3 Å². The van der Waals surface area contributed by atoms with Gasteiger partial charge in [0.25, 0.3) is 5.91 Å². The van der Waals surface area contributed by atoms with Gasteiger partial charge in [-0.15, -0.1) is 0 Å². The molecule has 2 saturated carbocycles. The maximum Gasteiger partial charge on any atom is 0.252 e. The van der Waals surface area contributed by atoms with E-state index < -0.39 is 30.1 Å². The average Bonchev–Trinajstić information content (AvgIpc) is 3.56. The Bertz CT molecular complexity index is 810. The van der Waals surface area contributed by atoms with Crippen LogP contribution in [-0.2, 0) is 28.5 Å². The van der Waals surface area contributed by atoms with Crippen molar-refractivity contribution >= 4 is 5.91 Å². The summed E-state index contributed by atoms with van der Waals surface area (Å²) in [5.41, 5.74) is 0. The molecule has 0 aromatic carbocycles. The number of unbranched alkanes of at least 4 members (excludes halogenated alkanes) is 15. The fourth-order valence-electron chi connectivity index (χ4n) is 8.15. The molecule has 1 N–H and O–H groups in total. The first-order chi connectivity index (χ1) is 21.1. The van der Waals surface area contributed by atoms with Crippen LogP contribution in [0.25, 0.3) is 0 Å². The lowest BCUT2D eigenvalue weighted by atomic mass is 9.94. The summed E-state index contributed by atoms with van der Waals surface area (Å²) in [6.45, 7) is 2.96. The molecule has 0 radical (unpaired) electrons. The van der Waals surface area contributed by atoms with Gasteiger partial charge in [-0.25, -0.2) is 0 Å². The second kappa shape index (κ2) is 17.3. The van der Waals surface area contributed by atoms with Crippen LogP contribution in [0.3, 0.4) is 0 Å². The van der Waals surface area contributed by atoms with Crippen LogP contribution >= 0.6 is 0 Å². The number of rotatable bonds is 18. The van der Waals surface area contributed by atoms with Crippen molar-refractivity contribution in [1.82, 2.24) is 5.32 Å². The third-order valence-electron chi connectivity index (χ3n) is 10.7. The van der Waals surface area contributed by atoms with Crippen molar-refractivity contribution < 1.29 is 28.5 Å². The van der Waals surface area contributed by atoms with Crippen molar-refractivity contribution in [2.24, 2.45) is 0 Å². The van der Waals surface area contributed by atoms with Crippen LogP contribution in [0.5, 0.6) is 0 Å². The van der Waals surface area contributed by atoms with Gasteiger partial charge in [0.2, 0.25) is 0 Å². The molecular weight excluding hydrogens is 542 g/mol. The zero-order valence-corrected chi connectivity index (χ0v) is 27.4. The molecule has 0 aromatic heterocycles. The van der Waals surface area contributed by atoms with Crippen molar-refractivity contribution in [2.75, 3.05) is 6.54 Å². The Labute approximate surface area is 262 Å². The first-order valence-electron chi connectivity index (χ1n) is 18.8. The third-order valence-corrected chi connectivity index (χ3v) is 10.7. The van der Waals surface area contributed by atoms with Crippen molar-refractivity contribution in [2.45, 2.75) is 216 Å². The quantitative estimate of drug-likeness (QED) is 0.158. The fourth-order valence-corrected chi connectivity index (χ4v) is 8.15. The van der Waals surface area contributed by atoms with E-state index in [2.05, 4.69) is 12.2 Å². The zero-order chi connectivity index (χ0) is 29.8. The number of carbonyl (C=O) groups excluding carboxylic acids is 1. The summed E-state index contributed by atoms with van der Waals surface area (Å²) in [4.78, 5) is 13.5. The van der Waals surface area contributed by atoms with Gasteiger partial charge >= 0.3 is 0 Å². The molecule has 0 bridgehead atoms. The number of hydrogen-bond acceptors (Lipinski definition) is 6. The number of amides is 1. The Morgan fingerprint density at radius 2 is 1.00 bits per heavy atom. The van der Waals surface area contributed by atoms with Gasteiger partial charge in [0.1, 0.15) is 18.3 Å². The van der Waals surface area contributed by atoms with Gasteiger partial charge in [-0.1, -0.05) is 116 Å². The van der Waals surface area contributed by atoms with E-state index in [1.165, 1.54) is 103 Å². The first-order valence-corrected chi connectivity index (χ1v) is 18.8. The Morgan fingerprint density at radius 1 is 0.558 bits per heavy atom. The predicted octanol–water partition coefficient (Wildman–Crippen LogP) is 8.61. The molecule has 248 valence electrons. The van der Waals surface area contributed by atoms with Crippen LogP contribution in [-0.4, -0.2) is 54.7 Å². The summed E-state index contributed by atoms with van der Waals surface area (Å²) >= 11 is 0. The van der Waals surface area contributed by atoms with E-state index in [1.807, 2.05) is 0 Å². The average molecular weight is 606 g/mol. The minimum atomic E-state index is -0.726. The largest absolute Gasteiger partial charge is 0.354 e. The first kappa shape index (κ1) is 33.6. The molecule has 2 spiro atoms. The second-order valence-corrected chi connectivity index (χ2v) is 14.3. The van der Waals surface area contributed by atoms with E-state index in [0.717, 1.165) is 64.2 Å². The van der Waals surface area contributed by atoms with E-state index in [-0.39, 0.29) is 18.1 Å². The smallest absolute Gasteiger partial charge is 0.252 e. The van der Waals surface area contributed by atoms with Gasteiger partial charge in [0.05, 0.1) is 0 Å². The van der Waals surface area contributed by atoms with Crippen molar-refractivity contribution in [3.63, 3.8) is 0 Å². The minimum absolute atomic E-state index is 0.0981. The summed E-state index contributed by atoms with van der Waals surface area (Å²) in [7, 11) is 0. The van der Waals surface area contributed by atoms with Gasteiger partial charge in [-0.2, -0.15) is 0 Å². The van der Waals surface area contributed by atoms with Gasteiger partial charge < -0.3 is 29.0 Å². The van der Waals surface area contributed by atoms with Crippen LogP contribution in [0, 0.1) is 0 Å². The van der Waals surface area contributed by atoms with E-state index in [4.69, 9.17) is 23.7 Å². The maximum atomic E-state index is 13.5. The van der Waals surface area contributed by atoms with Gasteiger partial charge in [0, 0.05) is 32.2 Å². The lowest BCUT2D eigenvalue weighted by molar-refractivity contribution is -0.247. The summed E-state index contributed by atoms with van der Waals surface area (Å²) in [6.07, 6.45) is 29.4. The van der Waals surface area contributed by atoms with Crippen LogP contribution in [0.15, 0.2) is 0 Å². The number of carbonyl (C=O) groups is 1. The van der Waals surface area contributed by atoms with Crippen molar-refractivity contribution in [1.29, 1.82) is 0 Å². The molecule has 5 aliphatic rings. The Kier molecular flexibility index (Phi) is 13.5. The Hall–Kier alpha value is -0.730.